The van der Waals surface area contributed by atoms with E-state index in [0.29, 0.717) is 6.04 Å². The topological polar surface area (TPSA) is 31.2 Å². The number of nitrogens with zero attached hydrogens (tertiary/aromatic N) is 4. The van der Waals surface area contributed by atoms with Gasteiger partial charge in [-0.1, -0.05) is 44.1 Å². The molecule has 0 radical (unpaired) electrons. The van der Waals surface area contributed by atoms with E-state index in [1.807, 2.05) is 0 Å². The molecule has 0 amide bonds. The summed E-state index contributed by atoms with van der Waals surface area (Å²) >= 11 is 0. The van der Waals surface area contributed by atoms with Crippen LogP contribution in [0.5, 0.6) is 0 Å². The monoisotopic (exact) mass is 250 g/mol. The summed E-state index contributed by atoms with van der Waals surface area (Å²) in [7, 11) is 0. The van der Waals surface area contributed by atoms with Crippen LogP contribution in [0.15, 0.2) is 10.4 Å². The highest BCUT2D eigenvalue weighted by Gasteiger charge is 2.51. The Bertz CT molecular complexity index is 323. The molecule has 0 aromatic heterocycles. The average Bonchev–Trinajstić information content (AvgIpc) is 2.83. The minimum atomic E-state index is 0.0226. The molecule has 0 aromatic rings. The Morgan fingerprint density at radius 3 is 1.94 bits per heavy atom. The lowest BCUT2D eigenvalue weighted by Crippen LogP contribution is -2.57. The summed E-state index contributed by atoms with van der Waals surface area (Å²) in [6.07, 6.45) is 5.21. The van der Waals surface area contributed by atoms with E-state index in [2.05, 4.69) is 61.8 Å². The van der Waals surface area contributed by atoms with Crippen molar-refractivity contribution in [2.75, 3.05) is 0 Å². The average molecular weight is 250 g/mol. The largest absolute Gasteiger partial charge is 0.419 e. The van der Waals surface area contributed by atoms with Gasteiger partial charge in [0.15, 0.2) is 0 Å². The Hall–Kier alpha value is -0.735. The molecule has 0 unspecified atom stereocenters. The molecule has 0 N–H and O–H groups in total. The molecule has 5 heteroatoms. The van der Waals surface area contributed by atoms with Crippen molar-refractivity contribution in [1.29, 1.82) is 0 Å². The number of rotatable bonds is 1. The van der Waals surface area contributed by atoms with Crippen molar-refractivity contribution in [3.05, 3.63) is 0 Å². The zero-order chi connectivity index (χ0) is 13.6. The Kier molecular flexibility index (Phi) is 3.37. The summed E-state index contributed by atoms with van der Waals surface area (Å²) in [5.41, 5.74) is 0.0226. The first-order valence-corrected chi connectivity index (χ1v) is 7.20. The standard InChI is InChI=1S/C13H27BN4/c1-12(2,3)14-17(11-9-7-8-10-11)15-16-18(14)13(4,5)6/h11H,7-10H2,1-6H3. The van der Waals surface area contributed by atoms with Crippen LogP contribution in [0.2, 0.25) is 5.31 Å². The first-order valence-electron chi connectivity index (χ1n) is 7.20. The molecule has 102 valence electrons. The van der Waals surface area contributed by atoms with Crippen LogP contribution in [0, 0.1) is 0 Å². The smallest absolute Gasteiger partial charge is 0.291 e. The fourth-order valence-corrected chi connectivity index (χ4v) is 3.01. The molecular formula is C13H27BN4. The highest BCUT2D eigenvalue weighted by molar-refractivity contribution is 6.56. The van der Waals surface area contributed by atoms with Gasteiger partial charge in [-0.25, -0.2) is 0 Å². The zero-order valence-corrected chi connectivity index (χ0v) is 12.8. The van der Waals surface area contributed by atoms with E-state index in [9.17, 15) is 0 Å². The molecule has 0 aromatic carbocycles. The van der Waals surface area contributed by atoms with Gasteiger partial charge in [-0.05, 0) is 38.9 Å². The first-order chi connectivity index (χ1) is 8.21. The first kappa shape index (κ1) is 13.7. The van der Waals surface area contributed by atoms with Gasteiger partial charge in [-0.15, -0.1) is 0 Å². The van der Waals surface area contributed by atoms with Gasteiger partial charge in [0.1, 0.15) is 0 Å². The van der Waals surface area contributed by atoms with Gasteiger partial charge in [0, 0.05) is 11.6 Å². The maximum absolute atomic E-state index is 4.50. The van der Waals surface area contributed by atoms with Crippen molar-refractivity contribution in [2.45, 2.75) is 84.1 Å². The molecule has 1 fully saturated rings. The zero-order valence-electron chi connectivity index (χ0n) is 12.8. The lowest BCUT2D eigenvalue weighted by atomic mass is 9.50. The fraction of sp³-hybridized carbons (Fsp3) is 1.00. The van der Waals surface area contributed by atoms with Crippen LogP contribution in [-0.2, 0) is 0 Å². The molecule has 2 aliphatic rings. The van der Waals surface area contributed by atoms with E-state index in [1.165, 1.54) is 25.7 Å². The summed E-state index contributed by atoms with van der Waals surface area (Å²) in [6, 6.07) is 0.588. The molecule has 0 saturated heterocycles. The van der Waals surface area contributed by atoms with Gasteiger partial charge in [0.25, 0.3) is 0 Å². The van der Waals surface area contributed by atoms with E-state index in [0.717, 1.165) is 0 Å². The Morgan fingerprint density at radius 2 is 1.50 bits per heavy atom. The second-order valence-corrected chi connectivity index (χ2v) is 7.75. The minimum Gasteiger partial charge on any atom is -0.291 e. The molecular weight excluding hydrogens is 223 g/mol. The predicted molar refractivity (Wildman–Crippen MR) is 76.0 cm³/mol. The second-order valence-electron chi connectivity index (χ2n) is 7.75. The van der Waals surface area contributed by atoms with Gasteiger partial charge in [-0.2, -0.15) is 0 Å². The number of hydrogen-bond acceptors (Lipinski definition) is 4. The van der Waals surface area contributed by atoms with E-state index in [1.54, 1.807) is 0 Å². The van der Waals surface area contributed by atoms with Crippen molar-refractivity contribution in [3.63, 3.8) is 0 Å². The molecule has 18 heavy (non-hydrogen) atoms. The molecule has 1 aliphatic carbocycles. The van der Waals surface area contributed by atoms with Gasteiger partial charge in [-0.3, -0.25) is 9.84 Å². The van der Waals surface area contributed by atoms with Crippen LogP contribution in [0.3, 0.4) is 0 Å². The van der Waals surface area contributed by atoms with Crippen LogP contribution in [0.1, 0.15) is 67.2 Å². The number of hydrogen-bond donors (Lipinski definition) is 0. The second kappa shape index (κ2) is 4.43. The van der Waals surface area contributed by atoms with E-state index in [-0.39, 0.29) is 17.8 Å². The van der Waals surface area contributed by atoms with Crippen molar-refractivity contribution < 1.29 is 0 Å². The van der Waals surface area contributed by atoms with Crippen molar-refractivity contribution in [1.82, 2.24) is 9.84 Å². The maximum atomic E-state index is 4.50. The van der Waals surface area contributed by atoms with Crippen LogP contribution >= 0.6 is 0 Å². The van der Waals surface area contributed by atoms with Gasteiger partial charge in [0.05, 0.1) is 0 Å². The van der Waals surface area contributed by atoms with Crippen molar-refractivity contribution in [3.8, 4) is 0 Å². The Morgan fingerprint density at radius 1 is 0.944 bits per heavy atom. The minimum absolute atomic E-state index is 0.0226. The predicted octanol–water partition coefficient (Wildman–Crippen LogP) is 3.92. The molecule has 0 spiro atoms. The third-order valence-electron chi connectivity index (χ3n) is 3.88. The summed E-state index contributed by atoms with van der Waals surface area (Å²) in [5, 5.41) is 9.12. The molecule has 1 heterocycles. The van der Waals surface area contributed by atoms with E-state index in [4.69, 9.17) is 0 Å². The third kappa shape index (κ3) is 2.50. The van der Waals surface area contributed by atoms with Gasteiger partial charge < -0.3 is 0 Å². The molecule has 1 aliphatic heterocycles. The SMILES string of the molecule is CC(C)(C)B1N(C2CCCC2)N=NN1C(C)(C)C. The molecule has 2 rings (SSSR count). The van der Waals surface area contributed by atoms with Crippen molar-refractivity contribution in [2.24, 2.45) is 10.4 Å². The van der Waals surface area contributed by atoms with Gasteiger partial charge in [0.2, 0.25) is 0 Å². The van der Waals surface area contributed by atoms with E-state index < -0.39 is 0 Å². The molecule has 1 saturated carbocycles. The summed E-state index contributed by atoms with van der Waals surface area (Å²) in [6.45, 7) is 13.8. The highest BCUT2D eigenvalue weighted by atomic mass is 15.7. The van der Waals surface area contributed by atoms with Crippen LogP contribution < -0.4 is 0 Å². The summed E-state index contributed by atoms with van der Waals surface area (Å²) < 4.78 is 0. The van der Waals surface area contributed by atoms with E-state index >= 15 is 0 Å². The normalized spacial score (nSPS) is 22.4. The van der Waals surface area contributed by atoms with Crippen molar-refractivity contribution >= 4 is 6.98 Å². The quantitative estimate of drug-likeness (QED) is 0.660. The molecule has 4 nitrogen and oxygen atoms in total. The summed E-state index contributed by atoms with van der Waals surface area (Å²) in [4.78, 5) is 4.46. The highest BCUT2D eigenvalue weighted by Crippen LogP contribution is 2.41. The fourth-order valence-electron chi connectivity index (χ4n) is 3.01. The lowest BCUT2D eigenvalue weighted by molar-refractivity contribution is 0.242. The Balaban J connectivity index is 2.24. The third-order valence-corrected chi connectivity index (χ3v) is 3.88. The molecule has 0 bridgehead atoms. The van der Waals surface area contributed by atoms with Crippen LogP contribution in [-0.4, -0.2) is 28.4 Å². The lowest BCUT2D eigenvalue weighted by Gasteiger charge is -2.41. The van der Waals surface area contributed by atoms with Crippen LogP contribution in [0.25, 0.3) is 0 Å². The Labute approximate surface area is 112 Å². The summed E-state index contributed by atoms with van der Waals surface area (Å²) in [5.74, 6) is 0. The maximum Gasteiger partial charge on any atom is 0.419 e. The van der Waals surface area contributed by atoms with Crippen LogP contribution in [0.4, 0.5) is 0 Å². The van der Waals surface area contributed by atoms with Gasteiger partial charge >= 0.3 is 6.98 Å². The molecule has 0 atom stereocenters.